The predicted molar refractivity (Wildman–Crippen MR) is 70.5 cm³/mol. The molecule has 0 heterocycles. The normalized spacial score (nSPS) is 17.4. The number of alkyl halides is 3. The standard InChI is InChI=1S/C13H16ClF3N2/c1-8(18)11-5-4-10(6-12(11)14)19(9-2-3-9)7-13(15,16)17/h4-6,8-9H,2-3,7,18H2,1H3. The highest BCUT2D eigenvalue weighted by atomic mass is 35.5. The molecule has 0 bridgehead atoms. The van der Waals surface area contributed by atoms with Crippen LogP contribution in [0.2, 0.25) is 5.02 Å². The van der Waals surface area contributed by atoms with Crippen LogP contribution in [0.1, 0.15) is 31.4 Å². The molecule has 1 aromatic carbocycles. The molecule has 2 N–H and O–H groups in total. The summed E-state index contributed by atoms with van der Waals surface area (Å²) in [4.78, 5) is 1.37. The summed E-state index contributed by atoms with van der Waals surface area (Å²) in [6.07, 6.45) is -2.62. The molecule has 1 aliphatic carbocycles. The van der Waals surface area contributed by atoms with Gasteiger partial charge in [0.2, 0.25) is 0 Å². The smallest absolute Gasteiger partial charge is 0.359 e. The van der Waals surface area contributed by atoms with E-state index in [1.807, 2.05) is 0 Å². The van der Waals surface area contributed by atoms with Gasteiger partial charge in [0.1, 0.15) is 6.54 Å². The van der Waals surface area contributed by atoms with Crippen molar-refractivity contribution in [3.63, 3.8) is 0 Å². The summed E-state index contributed by atoms with van der Waals surface area (Å²) in [5.74, 6) is 0. The quantitative estimate of drug-likeness (QED) is 0.912. The molecule has 1 unspecified atom stereocenters. The van der Waals surface area contributed by atoms with Crippen molar-refractivity contribution in [3.8, 4) is 0 Å². The van der Waals surface area contributed by atoms with Gasteiger partial charge >= 0.3 is 6.18 Å². The maximum absolute atomic E-state index is 12.6. The number of halogens is 4. The van der Waals surface area contributed by atoms with E-state index in [4.69, 9.17) is 17.3 Å². The second-order valence-corrected chi connectivity index (χ2v) is 5.38. The molecule has 0 spiro atoms. The Morgan fingerprint density at radius 1 is 1.42 bits per heavy atom. The molecular weight excluding hydrogens is 277 g/mol. The van der Waals surface area contributed by atoms with E-state index < -0.39 is 12.7 Å². The van der Waals surface area contributed by atoms with Crippen molar-refractivity contribution in [2.75, 3.05) is 11.4 Å². The van der Waals surface area contributed by atoms with Gasteiger partial charge in [-0.05, 0) is 37.5 Å². The van der Waals surface area contributed by atoms with Gasteiger partial charge in [0.05, 0.1) is 0 Å². The van der Waals surface area contributed by atoms with Gasteiger partial charge in [-0.3, -0.25) is 0 Å². The highest BCUT2D eigenvalue weighted by Gasteiger charge is 2.38. The fourth-order valence-corrected chi connectivity index (χ4v) is 2.42. The summed E-state index contributed by atoms with van der Waals surface area (Å²) in [5, 5.41) is 0.417. The van der Waals surface area contributed by atoms with Crippen LogP contribution in [0.15, 0.2) is 18.2 Å². The predicted octanol–water partition coefficient (Wildman–Crippen LogP) is 3.89. The van der Waals surface area contributed by atoms with Gasteiger partial charge in [-0.15, -0.1) is 0 Å². The van der Waals surface area contributed by atoms with Crippen LogP contribution in [0.3, 0.4) is 0 Å². The molecule has 2 rings (SSSR count). The van der Waals surface area contributed by atoms with Crippen LogP contribution in [0.4, 0.5) is 18.9 Å². The van der Waals surface area contributed by atoms with Crippen LogP contribution in [0.25, 0.3) is 0 Å². The van der Waals surface area contributed by atoms with Gasteiger partial charge in [0, 0.05) is 22.8 Å². The molecular formula is C13H16ClF3N2. The zero-order valence-corrected chi connectivity index (χ0v) is 11.3. The van der Waals surface area contributed by atoms with Crippen molar-refractivity contribution in [3.05, 3.63) is 28.8 Å². The highest BCUT2D eigenvalue weighted by Crippen LogP contribution is 2.36. The first-order valence-electron chi connectivity index (χ1n) is 6.16. The average Bonchev–Trinajstić information content (AvgIpc) is 3.07. The molecule has 1 aliphatic rings. The maximum atomic E-state index is 12.6. The number of hydrogen-bond acceptors (Lipinski definition) is 2. The molecule has 106 valence electrons. The topological polar surface area (TPSA) is 29.3 Å². The molecule has 0 radical (unpaired) electrons. The maximum Gasteiger partial charge on any atom is 0.405 e. The zero-order valence-electron chi connectivity index (χ0n) is 10.5. The van der Waals surface area contributed by atoms with E-state index >= 15 is 0 Å². The number of benzene rings is 1. The molecule has 6 heteroatoms. The molecule has 0 aliphatic heterocycles. The Balaban J connectivity index is 2.25. The fourth-order valence-electron chi connectivity index (χ4n) is 2.07. The molecule has 1 aromatic rings. The van der Waals surface area contributed by atoms with E-state index in [9.17, 15) is 13.2 Å². The number of nitrogens with zero attached hydrogens (tertiary/aromatic N) is 1. The average molecular weight is 293 g/mol. The van der Waals surface area contributed by atoms with E-state index in [1.165, 1.54) is 4.90 Å². The Morgan fingerprint density at radius 3 is 2.47 bits per heavy atom. The van der Waals surface area contributed by atoms with Gasteiger partial charge in [-0.1, -0.05) is 17.7 Å². The van der Waals surface area contributed by atoms with Crippen LogP contribution in [0, 0.1) is 0 Å². The Kier molecular flexibility index (Phi) is 3.97. The first-order valence-corrected chi connectivity index (χ1v) is 6.54. The van der Waals surface area contributed by atoms with Gasteiger partial charge in [-0.2, -0.15) is 13.2 Å². The van der Waals surface area contributed by atoms with E-state index in [1.54, 1.807) is 25.1 Å². The molecule has 0 aromatic heterocycles. The lowest BCUT2D eigenvalue weighted by molar-refractivity contribution is -0.120. The largest absolute Gasteiger partial charge is 0.405 e. The second kappa shape index (κ2) is 5.21. The summed E-state index contributed by atoms with van der Waals surface area (Å²) < 4.78 is 37.8. The lowest BCUT2D eigenvalue weighted by Gasteiger charge is -2.26. The molecule has 1 fully saturated rings. The lowest BCUT2D eigenvalue weighted by atomic mass is 10.1. The third kappa shape index (κ3) is 3.76. The van der Waals surface area contributed by atoms with Gasteiger partial charge in [-0.25, -0.2) is 0 Å². The van der Waals surface area contributed by atoms with Crippen LogP contribution in [-0.2, 0) is 0 Å². The summed E-state index contributed by atoms with van der Waals surface area (Å²) in [7, 11) is 0. The van der Waals surface area contributed by atoms with Crippen molar-refractivity contribution in [1.82, 2.24) is 0 Å². The van der Waals surface area contributed by atoms with Crippen LogP contribution in [-0.4, -0.2) is 18.8 Å². The lowest BCUT2D eigenvalue weighted by Crippen LogP contribution is -2.36. The van der Waals surface area contributed by atoms with Crippen molar-refractivity contribution in [2.24, 2.45) is 5.73 Å². The van der Waals surface area contributed by atoms with Crippen LogP contribution >= 0.6 is 11.6 Å². The molecule has 0 amide bonds. The second-order valence-electron chi connectivity index (χ2n) is 4.97. The molecule has 2 nitrogen and oxygen atoms in total. The minimum atomic E-state index is -4.21. The molecule has 1 atom stereocenters. The van der Waals surface area contributed by atoms with Gasteiger partial charge in [0.25, 0.3) is 0 Å². The minimum Gasteiger partial charge on any atom is -0.359 e. The fraction of sp³-hybridized carbons (Fsp3) is 0.538. The molecule has 0 saturated heterocycles. The van der Waals surface area contributed by atoms with Crippen molar-refractivity contribution in [2.45, 2.75) is 38.0 Å². The van der Waals surface area contributed by atoms with E-state index in [2.05, 4.69) is 0 Å². The molecule has 19 heavy (non-hydrogen) atoms. The SMILES string of the molecule is CC(N)c1ccc(N(CC(F)(F)F)C2CC2)cc1Cl. The highest BCUT2D eigenvalue weighted by molar-refractivity contribution is 6.31. The first kappa shape index (κ1) is 14.5. The van der Waals surface area contributed by atoms with Gasteiger partial charge in [0.15, 0.2) is 0 Å². The minimum absolute atomic E-state index is 0.0289. The van der Waals surface area contributed by atoms with Gasteiger partial charge < -0.3 is 10.6 Å². The summed E-state index contributed by atoms with van der Waals surface area (Å²) >= 11 is 6.08. The number of rotatable bonds is 4. The monoisotopic (exact) mass is 292 g/mol. The number of anilines is 1. The zero-order chi connectivity index (χ0) is 14.2. The number of nitrogens with two attached hydrogens (primary N) is 1. The van der Waals surface area contributed by atoms with Crippen molar-refractivity contribution in [1.29, 1.82) is 0 Å². The Bertz CT molecular complexity index is 456. The summed E-state index contributed by atoms with van der Waals surface area (Å²) in [5.41, 5.74) is 6.99. The van der Waals surface area contributed by atoms with Crippen LogP contribution < -0.4 is 10.6 Å². The Morgan fingerprint density at radius 2 is 2.05 bits per heavy atom. The Labute approximate surface area is 115 Å². The Hall–Kier alpha value is -0.940. The first-order chi connectivity index (χ1) is 8.78. The summed E-state index contributed by atoms with van der Waals surface area (Å²) in [6.45, 7) is 0.848. The van der Waals surface area contributed by atoms with Crippen LogP contribution in [0.5, 0.6) is 0 Å². The third-order valence-electron chi connectivity index (χ3n) is 3.14. The van der Waals surface area contributed by atoms with Crippen molar-refractivity contribution >= 4 is 17.3 Å². The summed E-state index contributed by atoms with van der Waals surface area (Å²) in [6, 6.07) is 4.67. The van der Waals surface area contributed by atoms with Crippen molar-refractivity contribution < 1.29 is 13.2 Å². The van der Waals surface area contributed by atoms with E-state index in [0.717, 1.165) is 18.4 Å². The third-order valence-corrected chi connectivity index (χ3v) is 3.47. The number of hydrogen-bond donors (Lipinski definition) is 1. The molecule has 1 saturated carbocycles. The van der Waals surface area contributed by atoms with E-state index in [0.29, 0.717) is 10.7 Å². The van der Waals surface area contributed by atoms with E-state index in [-0.39, 0.29) is 12.1 Å².